The molecule has 2 rings (SSSR count). The predicted molar refractivity (Wildman–Crippen MR) is 86.1 cm³/mol. The molecule has 1 heterocycles. The van der Waals surface area contributed by atoms with Gasteiger partial charge >= 0.3 is 5.97 Å². The summed E-state index contributed by atoms with van der Waals surface area (Å²) in [5.41, 5.74) is 0.975. The molecule has 1 unspecified atom stereocenters. The van der Waals surface area contributed by atoms with E-state index in [4.69, 9.17) is 4.74 Å². The SMILES string of the molecule is CCOC(=O)c1ccc(NC(=O)CNC2CCS(=O)(=O)C2)cc1. The summed E-state index contributed by atoms with van der Waals surface area (Å²) in [5.74, 6) is -0.427. The lowest BCUT2D eigenvalue weighted by Gasteiger charge is -2.11. The van der Waals surface area contributed by atoms with E-state index in [9.17, 15) is 18.0 Å². The lowest BCUT2D eigenvalue weighted by Crippen LogP contribution is -2.36. The molecular weight excluding hydrogens is 320 g/mol. The molecule has 1 aliphatic rings. The van der Waals surface area contributed by atoms with Crippen LogP contribution < -0.4 is 10.6 Å². The van der Waals surface area contributed by atoms with Crippen LogP contribution in [0.15, 0.2) is 24.3 Å². The quantitative estimate of drug-likeness (QED) is 0.735. The van der Waals surface area contributed by atoms with Crippen molar-refractivity contribution >= 4 is 27.4 Å². The average molecular weight is 340 g/mol. The number of carbonyl (C=O) groups excluding carboxylic acids is 2. The molecule has 1 atom stereocenters. The first-order valence-corrected chi connectivity index (χ1v) is 9.22. The Morgan fingerprint density at radius 3 is 2.52 bits per heavy atom. The Labute approximate surface area is 135 Å². The van der Waals surface area contributed by atoms with E-state index < -0.39 is 15.8 Å². The zero-order valence-corrected chi connectivity index (χ0v) is 13.7. The summed E-state index contributed by atoms with van der Waals surface area (Å²) >= 11 is 0. The Balaban J connectivity index is 1.80. The Morgan fingerprint density at radius 2 is 1.96 bits per heavy atom. The fraction of sp³-hybridized carbons (Fsp3) is 0.467. The van der Waals surface area contributed by atoms with Crippen LogP contribution in [-0.4, -0.2) is 51.0 Å². The summed E-state index contributed by atoms with van der Waals surface area (Å²) < 4.78 is 27.5. The summed E-state index contributed by atoms with van der Waals surface area (Å²) in [6.45, 7) is 2.08. The van der Waals surface area contributed by atoms with Crippen LogP contribution in [0.3, 0.4) is 0 Å². The topological polar surface area (TPSA) is 102 Å². The molecule has 1 fully saturated rings. The van der Waals surface area contributed by atoms with E-state index >= 15 is 0 Å². The molecule has 1 aromatic rings. The van der Waals surface area contributed by atoms with Gasteiger partial charge in [-0.1, -0.05) is 0 Å². The van der Waals surface area contributed by atoms with E-state index in [2.05, 4.69) is 10.6 Å². The van der Waals surface area contributed by atoms with E-state index in [0.717, 1.165) is 0 Å². The Bertz CT molecular complexity index is 670. The number of ether oxygens (including phenoxy) is 1. The van der Waals surface area contributed by atoms with Crippen molar-refractivity contribution in [2.75, 3.05) is 30.0 Å². The molecule has 1 aromatic carbocycles. The van der Waals surface area contributed by atoms with Crippen LogP contribution in [0.25, 0.3) is 0 Å². The Kier molecular flexibility index (Phi) is 5.73. The van der Waals surface area contributed by atoms with Gasteiger partial charge in [-0.25, -0.2) is 13.2 Å². The number of hydrogen-bond acceptors (Lipinski definition) is 6. The van der Waals surface area contributed by atoms with Crippen LogP contribution in [0.1, 0.15) is 23.7 Å². The molecule has 0 aliphatic carbocycles. The van der Waals surface area contributed by atoms with Crippen LogP contribution >= 0.6 is 0 Å². The highest BCUT2D eigenvalue weighted by Gasteiger charge is 2.27. The number of benzene rings is 1. The molecule has 0 spiro atoms. The minimum absolute atomic E-state index is 0.0415. The number of amides is 1. The van der Waals surface area contributed by atoms with Gasteiger partial charge in [0.05, 0.1) is 30.2 Å². The minimum atomic E-state index is -2.96. The van der Waals surface area contributed by atoms with Crippen LogP contribution in [0.4, 0.5) is 5.69 Å². The van der Waals surface area contributed by atoms with Crippen molar-refractivity contribution in [2.24, 2.45) is 0 Å². The highest BCUT2D eigenvalue weighted by Crippen LogP contribution is 2.12. The van der Waals surface area contributed by atoms with Gasteiger partial charge in [-0.05, 0) is 37.6 Å². The number of carbonyl (C=O) groups is 2. The number of anilines is 1. The average Bonchev–Trinajstić information content (AvgIpc) is 2.85. The van der Waals surface area contributed by atoms with Gasteiger partial charge in [0.2, 0.25) is 5.91 Å². The summed E-state index contributed by atoms with van der Waals surface area (Å²) in [6, 6.07) is 6.21. The normalized spacial score (nSPS) is 19.3. The third kappa shape index (κ3) is 5.33. The molecule has 0 saturated carbocycles. The van der Waals surface area contributed by atoms with Gasteiger partial charge in [0, 0.05) is 11.7 Å². The fourth-order valence-electron chi connectivity index (χ4n) is 2.30. The maximum Gasteiger partial charge on any atom is 0.338 e. The van der Waals surface area contributed by atoms with Gasteiger partial charge in [-0.2, -0.15) is 0 Å². The monoisotopic (exact) mass is 340 g/mol. The zero-order chi connectivity index (χ0) is 16.9. The number of hydrogen-bond donors (Lipinski definition) is 2. The fourth-order valence-corrected chi connectivity index (χ4v) is 4.01. The molecule has 0 radical (unpaired) electrons. The first kappa shape index (κ1) is 17.4. The van der Waals surface area contributed by atoms with E-state index in [0.29, 0.717) is 24.3 Å². The molecule has 1 amide bonds. The van der Waals surface area contributed by atoms with Gasteiger partial charge in [0.15, 0.2) is 9.84 Å². The molecular formula is C15H20N2O5S. The molecule has 126 valence electrons. The summed E-state index contributed by atoms with van der Waals surface area (Å²) in [6.07, 6.45) is 0.532. The van der Waals surface area contributed by atoms with Crippen molar-refractivity contribution in [1.82, 2.24) is 5.32 Å². The van der Waals surface area contributed by atoms with Gasteiger partial charge in [-0.15, -0.1) is 0 Å². The predicted octanol–water partition coefficient (Wildman–Crippen LogP) is 0.579. The van der Waals surface area contributed by atoms with Crippen molar-refractivity contribution in [1.29, 1.82) is 0 Å². The highest BCUT2D eigenvalue weighted by atomic mass is 32.2. The molecule has 1 saturated heterocycles. The molecule has 7 nitrogen and oxygen atoms in total. The van der Waals surface area contributed by atoms with Crippen LogP contribution in [-0.2, 0) is 19.4 Å². The molecule has 1 aliphatic heterocycles. The van der Waals surface area contributed by atoms with Crippen LogP contribution in [0, 0.1) is 0 Å². The molecule has 0 aromatic heterocycles. The van der Waals surface area contributed by atoms with Crippen LogP contribution in [0.2, 0.25) is 0 Å². The summed E-state index contributed by atoms with van der Waals surface area (Å²) in [5, 5.41) is 5.62. The highest BCUT2D eigenvalue weighted by molar-refractivity contribution is 7.91. The van der Waals surface area contributed by atoms with Crippen LogP contribution in [0.5, 0.6) is 0 Å². The molecule has 2 N–H and O–H groups in total. The molecule has 8 heteroatoms. The van der Waals surface area contributed by atoms with Crippen molar-refractivity contribution in [3.63, 3.8) is 0 Å². The second kappa shape index (κ2) is 7.56. The first-order chi connectivity index (χ1) is 10.9. The maximum atomic E-state index is 11.8. The summed E-state index contributed by atoms with van der Waals surface area (Å²) in [7, 11) is -2.96. The second-order valence-corrected chi connectivity index (χ2v) is 7.56. The standard InChI is InChI=1S/C15H20N2O5S/c1-2-22-15(19)11-3-5-12(6-4-11)17-14(18)9-16-13-7-8-23(20,21)10-13/h3-6,13,16H,2,7-10H2,1H3,(H,17,18). The first-order valence-electron chi connectivity index (χ1n) is 7.40. The van der Waals surface area contributed by atoms with Crippen molar-refractivity contribution in [2.45, 2.75) is 19.4 Å². The van der Waals surface area contributed by atoms with Gasteiger partial charge in [0.25, 0.3) is 0 Å². The third-order valence-electron chi connectivity index (χ3n) is 3.46. The number of rotatable bonds is 6. The van der Waals surface area contributed by atoms with E-state index in [1.807, 2.05) is 0 Å². The number of nitrogens with one attached hydrogen (secondary N) is 2. The zero-order valence-electron chi connectivity index (χ0n) is 12.9. The lowest BCUT2D eigenvalue weighted by molar-refractivity contribution is -0.115. The van der Waals surface area contributed by atoms with Crippen molar-refractivity contribution in [3.8, 4) is 0 Å². The maximum absolute atomic E-state index is 11.8. The largest absolute Gasteiger partial charge is 0.462 e. The van der Waals surface area contributed by atoms with Gasteiger partial charge < -0.3 is 15.4 Å². The van der Waals surface area contributed by atoms with E-state index in [1.165, 1.54) is 0 Å². The molecule has 23 heavy (non-hydrogen) atoms. The Morgan fingerprint density at radius 1 is 1.26 bits per heavy atom. The number of sulfone groups is 1. The molecule has 0 bridgehead atoms. The van der Waals surface area contributed by atoms with Crippen molar-refractivity contribution in [3.05, 3.63) is 29.8 Å². The van der Waals surface area contributed by atoms with Crippen molar-refractivity contribution < 1.29 is 22.7 Å². The van der Waals surface area contributed by atoms with E-state index in [1.54, 1.807) is 31.2 Å². The van der Waals surface area contributed by atoms with Gasteiger partial charge in [-0.3, -0.25) is 4.79 Å². The number of esters is 1. The lowest BCUT2D eigenvalue weighted by atomic mass is 10.2. The third-order valence-corrected chi connectivity index (χ3v) is 5.23. The second-order valence-electron chi connectivity index (χ2n) is 5.33. The van der Waals surface area contributed by atoms with E-state index in [-0.39, 0.29) is 30.0 Å². The minimum Gasteiger partial charge on any atom is -0.462 e. The summed E-state index contributed by atoms with van der Waals surface area (Å²) in [4.78, 5) is 23.3. The Hall–Kier alpha value is -1.93. The van der Waals surface area contributed by atoms with Gasteiger partial charge in [0.1, 0.15) is 0 Å². The smallest absolute Gasteiger partial charge is 0.338 e.